The third-order valence-electron chi connectivity index (χ3n) is 3.61. The van der Waals surface area contributed by atoms with E-state index in [4.69, 9.17) is 0 Å². The summed E-state index contributed by atoms with van der Waals surface area (Å²) in [5.41, 5.74) is 1.99. The Kier molecular flexibility index (Phi) is 5.61. The standard InChI is InChI=1S/C18H14F3N3O3S/c19-18(20,21)27-16-5-1-2-6-17(16)28(25,26)24-11-13-7-8-15(23-10-13)14-4-3-9-22-12-14/h1-10,12,24H,11H2. The lowest BCUT2D eigenvalue weighted by atomic mass is 10.1. The van der Waals surface area contributed by atoms with Crippen LogP contribution in [0.15, 0.2) is 72.0 Å². The van der Waals surface area contributed by atoms with E-state index in [1.807, 2.05) is 6.07 Å². The number of nitrogens with zero attached hydrogens (tertiary/aromatic N) is 2. The predicted octanol–water partition coefficient (Wildman–Crippen LogP) is 3.52. The molecule has 1 N–H and O–H groups in total. The molecule has 1 aromatic carbocycles. The minimum atomic E-state index is -5.00. The van der Waals surface area contributed by atoms with Gasteiger partial charge in [-0.15, -0.1) is 13.2 Å². The molecule has 6 nitrogen and oxygen atoms in total. The van der Waals surface area contributed by atoms with Crippen molar-refractivity contribution in [2.75, 3.05) is 0 Å². The van der Waals surface area contributed by atoms with Gasteiger partial charge >= 0.3 is 6.36 Å². The Hall–Kier alpha value is -2.98. The highest BCUT2D eigenvalue weighted by molar-refractivity contribution is 7.89. The fraction of sp³-hybridized carbons (Fsp3) is 0.111. The Morgan fingerprint density at radius 2 is 1.79 bits per heavy atom. The van der Waals surface area contributed by atoms with E-state index in [1.54, 1.807) is 30.6 Å². The van der Waals surface area contributed by atoms with E-state index < -0.39 is 27.0 Å². The van der Waals surface area contributed by atoms with Crippen LogP contribution in [0.4, 0.5) is 13.2 Å². The van der Waals surface area contributed by atoms with E-state index in [0.29, 0.717) is 11.3 Å². The van der Waals surface area contributed by atoms with Gasteiger partial charge in [-0.2, -0.15) is 0 Å². The van der Waals surface area contributed by atoms with Crippen LogP contribution in [0, 0.1) is 0 Å². The number of sulfonamides is 1. The summed E-state index contributed by atoms with van der Waals surface area (Å²) in [6.45, 7) is -0.150. The van der Waals surface area contributed by atoms with Crippen LogP contribution in [0.3, 0.4) is 0 Å². The summed E-state index contributed by atoms with van der Waals surface area (Å²) in [5, 5.41) is 0. The molecule has 2 aromatic heterocycles. The van der Waals surface area contributed by atoms with Gasteiger partial charge in [0.05, 0.1) is 5.69 Å². The normalized spacial score (nSPS) is 12.0. The van der Waals surface area contributed by atoms with Crippen molar-refractivity contribution in [2.45, 2.75) is 17.8 Å². The summed E-state index contributed by atoms with van der Waals surface area (Å²) >= 11 is 0. The van der Waals surface area contributed by atoms with Crippen LogP contribution in [-0.4, -0.2) is 24.7 Å². The molecule has 3 aromatic rings. The van der Waals surface area contributed by atoms with Gasteiger partial charge in [0.15, 0.2) is 0 Å². The minimum absolute atomic E-state index is 0.150. The average Bonchev–Trinajstić information content (AvgIpc) is 2.67. The Morgan fingerprint density at radius 3 is 2.43 bits per heavy atom. The topological polar surface area (TPSA) is 81.2 Å². The van der Waals surface area contributed by atoms with Crippen LogP contribution < -0.4 is 9.46 Å². The number of halogens is 3. The molecule has 0 aliphatic carbocycles. The molecule has 0 spiro atoms. The second-order valence-corrected chi connectivity index (χ2v) is 7.35. The number of pyridine rings is 2. The fourth-order valence-electron chi connectivity index (χ4n) is 2.35. The van der Waals surface area contributed by atoms with Crippen LogP contribution in [0.5, 0.6) is 5.75 Å². The van der Waals surface area contributed by atoms with Gasteiger partial charge in [-0.25, -0.2) is 13.1 Å². The molecule has 28 heavy (non-hydrogen) atoms. The molecule has 0 bridgehead atoms. The van der Waals surface area contributed by atoms with Gasteiger partial charge in [-0.1, -0.05) is 18.2 Å². The lowest BCUT2D eigenvalue weighted by Gasteiger charge is -2.14. The number of ether oxygens (including phenoxy) is 1. The first kappa shape index (κ1) is 19.8. The van der Waals surface area contributed by atoms with Crippen molar-refractivity contribution in [3.05, 3.63) is 72.7 Å². The molecular weight excluding hydrogens is 395 g/mol. The molecule has 10 heteroatoms. The van der Waals surface area contributed by atoms with Crippen molar-refractivity contribution in [2.24, 2.45) is 0 Å². The molecule has 0 aliphatic rings. The highest BCUT2D eigenvalue weighted by atomic mass is 32.2. The first-order valence-corrected chi connectivity index (χ1v) is 9.43. The smallest absolute Gasteiger partial charge is 0.404 e. The van der Waals surface area contributed by atoms with Crippen molar-refractivity contribution >= 4 is 10.0 Å². The van der Waals surface area contributed by atoms with E-state index in [-0.39, 0.29) is 6.54 Å². The summed E-state index contributed by atoms with van der Waals surface area (Å²) in [7, 11) is -4.24. The first-order chi connectivity index (χ1) is 13.2. The Balaban J connectivity index is 1.74. The molecule has 0 fully saturated rings. The molecule has 0 radical (unpaired) electrons. The zero-order valence-corrected chi connectivity index (χ0v) is 15.0. The summed E-state index contributed by atoms with van der Waals surface area (Å²) in [6, 6.07) is 11.5. The lowest BCUT2D eigenvalue weighted by molar-refractivity contribution is -0.275. The molecule has 3 rings (SSSR count). The summed E-state index contributed by atoms with van der Waals surface area (Å²) in [4.78, 5) is 7.63. The number of rotatable bonds is 6. The van der Waals surface area contributed by atoms with E-state index in [1.165, 1.54) is 18.3 Å². The van der Waals surface area contributed by atoms with Gasteiger partial charge in [0.2, 0.25) is 10.0 Å². The number of nitrogens with one attached hydrogen (secondary N) is 1. The van der Waals surface area contributed by atoms with Gasteiger partial charge in [-0.05, 0) is 35.9 Å². The molecule has 0 atom stereocenters. The van der Waals surface area contributed by atoms with Gasteiger partial charge in [-0.3, -0.25) is 9.97 Å². The average molecular weight is 409 g/mol. The molecule has 0 amide bonds. The number of hydrogen-bond donors (Lipinski definition) is 1. The molecule has 146 valence electrons. The Labute approximate surface area is 159 Å². The van der Waals surface area contributed by atoms with Crippen LogP contribution >= 0.6 is 0 Å². The predicted molar refractivity (Wildman–Crippen MR) is 94.6 cm³/mol. The zero-order valence-electron chi connectivity index (χ0n) is 14.2. The van der Waals surface area contributed by atoms with Crippen molar-refractivity contribution in [1.29, 1.82) is 0 Å². The number of para-hydroxylation sites is 1. The second kappa shape index (κ2) is 7.95. The Bertz CT molecular complexity index is 1040. The van der Waals surface area contributed by atoms with Gasteiger partial charge < -0.3 is 4.74 Å². The third-order valence-corrected chi connectivity index (χ3v) is 5.05. The van der Waals surface area contributed by atoms with Crippen LogP contribution in [0.25, 0.3) is 11.3 Å². The van der Waals surface area contributed by atoms with Crippen molar-refractivity contribution in [1.82, 2.24) is 14.7 Å². The van der Waals surface area contributed by atoms with Crippen molar-refractivity contribution in [3.63, 3.8) is 0 Å². The fourth-order valence-corrected chi connectivity index (χ4v) is 3.50. The largest absolute Gasteiger partial charge is 0.573 e. The van der Waals surface area contributed by atoms with Gasteiger partial charge in [0, 0.05) is 30.7 Å². The SMILES string of the molecule is O=S(=O)(NCc1ccc(-c2cccnc2)nc1)c1ccccc1OC(F)(F)F. The monoisotopic (exact) mass is 409 g/mol. The summed E-state index contributed by atoms with van der Waals surface area (Å²) in [6.07, 6.45) is -0.254. The molecule has 0 saturated heterocycles. The van der Waals surface area contributed by atoms with Gasteiger partial charge in [0.1, 0.15) is 10.6 Å². The number of hydrogen-bond acceptors (Lipinski definition) is 5. The molecule has 0 unspecified atom stereocenters. The maximum atomic E-state index is 12.5. The molecule has 2 heterocycles. The quantitative estimate of drug-likeness (QED) is 0.674. The zero-order chi connectivity index (χ0) is 20.2. The van der Waals surface area contributed by atoms with E-state index in [9.17, 15) is 21.6 Å². The van der Waals surface area contributed by atoms with Crippen LogP contribution in [0.2, 0.25) is 0 Å². The summed E-state index contributed by atoms with van der Waals surface area (Å²) < 4.78 is 68.3. The van der Waals surface area contributed by atoms with Crippen LogP contribution in [-0.2, 0) is 16.6 Å². The number of benzene rings is 1. The first-order valence-electron chi connectivity index (χ1n) is 7.94. The molecular formula is C18H14F3N3O3S. The minimum Gasteiger partial charge on any atom is -0.404 e. The highest BCUT2D eigenvalue weighted by Crippen LogP contribution is 2.29. The van der Waals surface area contributed by atoms with E-state index >= 15 is 0 Å². The van der Waals surface area contributed by atoms with E-state index in [2.05, 4.69) is 19.4 Å². The van der Waals surface area contributed by atoms with Gasteiger partial charge in [0.25, 0.3) is 0 Å². The highest BCUT2D eigenvalue weighted by Gasteiger charge is 2.33. The number of alkyl halides is 3. The number of aromatic nitrogens is 2. The van der Waals surface area contributed by atoms with Crippen LogP contribution in [0.1, 0.15) is 5.56 Å². The van der Waals surface area contributed by atoms with Crippen molar-refractivity contribution < 1.29 is 26.3 Å². The maximum absolute atomic E-state index is 12.5. The van der Waals surface area contributed by atoms with Crippen molar-refractivity contribution in [3.8, 4) is 17.0 Å². The molecule has 0 aliphatic heterocycles. The molecule has 0 saturated carbocycles. The second-order valence-electron chi connectivity index (χ2n) is 5.61. The van der Waals surface area contributed by atoms with E-state index in [0.717, 1.165) is 17.7 Å². The maximum Gasteiger partial charge on any atom is 0.573 e. The lowest BCUT2D eigenvalue weighted by Crippen LogP contribution is -2.25. The third kappa shape index (κ3) is 5.05. The Morgan fingerprint density at radius 1 is 1.00 bits per heavy atom. The summed E-state index contributed by atoms with van der Waals surface area (Å²) in [5.74, 6) is -0.799.